The number of rotatable bonds is 4. The minimum Gasteiger partial charge on any atom is -0.347 e. The first-order chi connectivity index (χ1) is 9.37. The van der Waals surface area contributed by atoms with E-state index in [0.29, 0.717) is 12.2 Å². The summed E-state index contributed by atoms with van der Waals surface area (Å²) >= 11 is 0. The normalized spacial score (nSPS) is 21.4. The number of aryl methyl sites for hydroxylation is 1. The maximum Gasteiger partial charge on any atom is 0.165 e. The molecule has 1 saturated carbocycles. The lowest BCUT2D eigenvalue weighted by Crippen LogP contribution is -2.30. The van der Waals surface area contributed by atoms with Crippen LogP contribution in [0.5, 0.6) is 0 Å². The number of carbonyl (C=O) groups is 1. The van der Waals surface area contributed by atoms with E-state index in [9.17, 15) is 4.79 Å². The lowest BCUT2D eigenvalue weighted by Gasteiger charge is -2.30. The number of aromatic nitrogens is 1. The Balaban J connectivity index is 1.82. The van der Waals surface area contributed by atoms with Crippen molar-refractivity contribution in [1.29, 1.82) is 0 Å². The van der Waals surface area contributed by atoms with Crippen LogP contribution in [0.15, 0.2) is 6.07 Å². The number of likely N-dealkylation sites (N-methyl/N-ethyl adjacent to an activating group) is 1. The minimum absolute atomic E-state index is 0.106. The van der Waals surface area contributed by atoms with Gasteiger partial charge in [-0.1, -0.05) is 13.8 Å². The van der Waals surface area contributed by atoms with E-state index < -0.39 is 0 Å². The van der Waals surface area contributed by atoms with Gasteiger partial charge in [-0.15, -0.1) is 0 Å². The molecule has 3 heteroatoms. The summed E-state index contributed by atoms with van der Waals surface area (Å²) in [5.74, 6) is 0.327. The standard InChI is InChI=1S/C17H26N2O/c1-12-9-14-15(10-17(2,3)11-16(14)20)19(12)8-7-18(4)13-5-6-13/h9,13H,5-8,10-11H2,1-4H3. The molecule has 3 rings (SSSR count). The first kappa shape index (κ1) is 13.9. The van der Waals surface area contributed by atoms with Gasteiger partial charge in [0, 0.05) is 42.5 Å². The fraction of sp³-hybridized carbons (Fsp3) is 0.706. The summed E-state index contributed by atoms with van der Waals surface area (Å²) in [5.41, 5.74) is 3.60. The van der Waals surface area contributed by atoms with Crippen molar-refractivity contribution in [2.75, 3.05) is 13.6 Å². The van der Waals surface area contributed by atoms with Gasteiger partial charge < -0.3 is 9.47 Å². The molecule has 3 nitrogen and oxygen atoms in total. The van der Waals surface area contributed by atoms with Crippen LogP contribution in [-0.2, 0) is 13.0 Å². The van der Waals surface area contributed by atoms with Gasteiger partial charge in [0.05, 0.1) is 0 Å². The zero-order valence-corrected chi connectivity index (χ0v) is 13.2. The largest absolute Gasteiger partial charge is 0.347 e. The van der Waals surface area contributed by atoms with Gasteiger partial charge in [0.15, 0.2) is 5.78 Å². The molecule has 0 saturated heterocycles. The Labute approximate surface area is 122 Å². The van der Waals surface area contributed by atoms with Crippen molar-refractivity contribution in [1.82, 2.24) is 9.47 Å². The molecular formula is C17H26N2O. The number of hydrogen-bond acceptors (Lipinski definition) is 2. The van der Waals surface area contributed by atoms with Crippen molar-refractivity contribution in [2.24, 2.45) is 5.41 Å². The van der Waals surface area contributed by atoms with Gasteiger partial charge >= 0.3 is 0 Å². The van der Waals surface area contributed by atoms with E-state index in [1.54, 1.807) is 0 Å². The molecule has 2 aliphatic rings. The van der Waals surface area contributed by atoms with E-state index in [-0.39, 0.29) is 5.41 Å². The van der Waals surface area contributed by atoms with Gasteiger partial charge in [-0.3, -0.25) is 4.79 Å². The number of fused-ring (bicyclic) bond motifs is 1. The third-order valence-corrected chi connectivity index (χ3v) is 4.85. The Morgan fingerprint density at radius 3 is 2.70 bits per heavy atom. The molecule has 0 aliphatic heterocycles. The van der Waals surface area contributed by atoms with Gasteiger partial charge in [-0.05, 0) is 44.7 Å². The molecule has 0 amide bonds. The molecule has 1 heterocycles. The molecule has 0 spiro atoms. The van der Waals surface area contributed by atoms with Crippen LogP contribution in [0.3, 0.4) is 0 Å². The fourth-order valence-electron chi connectivity index (χ4n) is 3.47. The molecule has 1 aromatic heterocycles. The molecule has 0 aromatic carbocycles. The summed E-state index contributed by atoms with van der Waals surface area (Å²) in [5, 5.41) is 0. The average Bonchev–Trinajstić information content (AvgIpc) is 3.12. The smallest absolute Gasteiger partial charge is 0.165 e. The van der Waals surface area contributed by atoms with Crippen molar-refractivity contribution >= 4 is 5.78 Å². The topological polar surface area (TPSA) is 25.2 Å². The lowest BCUT2D eigenvalue weighted by atomic mass is 9.76. The summed E-state index contributed by atoms with van der Waals surface area (Å²) < 4.78 is 2.38. The first-order valence-corrected chi connectivity index (χ1v) is 7.80. The summed E-state index contributed by atoms with van der Waals surface area (Å²) in [4.78, 5) is 14.8. The van der Waals surface area contributed by atoms with E-state index in [4.69, 9.17) is 0 Å². The van der Waals surface area contributed by atoms with Gasteiger partial charge in [0.1, 0.15) is 0 Å². The van der Waals surface area contributed by atoms with Crippen molar-refractivity contribution in [2.45, 2.75) is 59.0 Å². The van der Waals surface area contributed by atoms with Crippen LogP contribution in [0.1, 0.15) is 54.9 Å². The highest BCUT2D eigenvalue weighted by Crippen LogP contribution is 2.36. The Morgan fingerprint density at radius 1 is 1.35 bits per heavy atom. The molecule has 110 valence electrons. The highest BCUT2D eigenvalue weighted by Gasteiger charge is 2.34. The average molecular weight is 274 g/mol. The molecule has 1 fully saturated rings. The summed E-state index contributed by atoms with van der Waals surface area (Å²) in [6, 6.07) is 2.91. The number of ketones is 1. The van der Waals surface area contributed by atoms with Crippen molar-refractivity contribution in [3.05, 3.63) is 23.0 Å². The van der Waals surface area contributed by atoms with Gasteiger partial charge in [0.25, 0.3) is 0 Å². The van der Waals surface area contributed by atoms with Crippen molar-refractivity contribution in [3.8, 4) is 0 Å². The van der Waals surface area contributed by atoms with Crippen LogP contribution >= 0.6 is 0 Å². The number of Topliss-reactive ketones (excluding diaryl/α,β-unsaturated/α-hetero) is 1. The monoisotopic (exact) mass is 274 g/mol. The van der Waals surface area contributed by atoms with Crippen LogP contribution in [0, 0.1) is 12.3 Å². The molecule has 0 radical (unpaired) electrons. The number of nitrogens with zero attached hydrogens (tertiary/aromatic N) is 2. The highest BCUT2D eigenvalue weighted by atomic mass is 16.1. The Kier molecular flexibility index (Phi) is 3.28. The quantitative estimate of drug-likeness (QED) is 0.843. The van der Waals surface area contributed by atoms with E-state index in [0.717, 1.165) is 31.1 Å². The second kappa shape index (κ2) is 4.73. The predicted octanol–water partition coefficient (Wildman–Crippen LogP) is 3.05. The zero-order valence-electron chi connectivity index (χ0n) is 13.2. The third-order valence-electron chi connectivity index (χ3n) is 4.85. The van der Waals surface area contributed by atoms with Crippen LogP contribution in [-0.4, -0.2) is 34.9 Å². The first-order valence-electron chi connectivity index (χ1n) is 7.80. The predicted molar refractivity (Wildman–Crippen MR) is 81.3 cm³/mol. The molecule has 20 heavy (non-hydrogen) atoms. The van der Waals surface area contributed by atoms with Crippen LogP contribution in [0.4, 0.5) is 0 Å². The Bertz CT molecular complexity index is 537. The molecule has 1 aromatic rings. The summed E-state index contributed by atoms with van der Waals surface area (Å²) in [7, 11) is 2.22. The van der Waals surface area contributed by atoms with Gasteiger partial charge in [-0.2, -0.15) is 0 Å². The van der Waals surface area contributed by atoms with Gasteiger partial charge in [0.2, 0.25) is 0 Å². The minimum atomic E-state index is 0.106. The highest BCUT2D eigenvalue weighted by molar-refractivity contribution is 5.99. The lowest BCUT2D eigenvalue weighted by molar-refractivity contribution is 0.0909. The SMILES string of the molecule is Cc1cc2c(n1CCN(C)C1CC1)CC(C)(C)CC2=O. The Morgan fingerprint density at radius 2 is 2.05 bits per heavy atom. The summed E-state index contributed by atoms with van der Waals surface area (Å²) in [6.07, 6.45) is 4.41. The second-order valence-electron chi connectivity index (χ2n) is 7.45. The molecule has 0 atom stereocenters. The fourth-order valence-corrected chi connectivity index (χ4v) is 3.47. The van der Waals surface area contributed by atoms with Crippen molar-refractivity contribution in [3.63, 3.8) is 0 Å². The van der Waals surface area contributed by atoms with E-state index in [1.165, 1.54) is 24.2 Å². The van der Waals surface area contributed by atoms with Crippen molar-refractivity contribution < 1.29 is 4.79 Å². The van der Waals surface area contributed by atoms with Crippen LogP contribution in [0.25, 0.3) is 0 Å². The molecule has 0 N–H and O–H groups in total. The van der Waals surface area contributed by atoms with Crippen LogP contribution < -0.4 is 0 Å². The third kappa shape index (κ3) is 2.56. The molecular weight excluding hydrogens is 248 g/mol. The maximum atomic E-state index is 12.3. The molecule has 0 bridgehead atoms. The number of hydrogen-bond donors (Lipinski definition) is 0. The summed E-state index contributed by atoms with van der Waals surface area (Å²) in [6.45, 7) is 8.64. The molecule has 0 unspecified atom stereocenters. The van der Waals surface area contributed by atoms with E-state index in [1.807, 2.05) is 0 Å². The Hall–Kier alpha value is -1.09. The van der Waals surface area contributed by atoms with Crippen LogP contribution in [0.2, 0.25) is 0 Å². The van der Waals surface area contributed by atoms with Gasteiger partial charge in [-0.25, -0.2) is 0 Å². The number of carbonyl (C=O) groups excluding carboxylic acids is 1. The maximum absolute atomic E-state index is 12.3. The second-order valence-corrected chi connectivity index (χ2v) is 7.45. The molecule has 2 aliphatic carbocycles. The zero-order chi connectivity index (χ0) is 14.5. The van der Waals surface area contributed by atoms with E-state index >= 15 is 0 Å². The van der Waals surface area contributed by atoms with E-state index in [2.05, 4.69) is 43.4 Å².